The maximum absolute atomic E-state index is 13.6. The lowest BCUT2D eigenvalue weighted by molar-refractivity contribution is -0.145. The summed E-state index contributed by atoms with van der Waals surface area (Å²) in [6, 6.07) is 5.37. The summed E-state index contributed by atoms with van der Waals surface area (Å²) in [6.07, 6.45) is 1.22. The van der Waals surface area contributed by atoms with Crippen LogP contribution in [-0.2, 0) is 9.59 Å². The lowest BCUT2D eigenvalue weighted by atomic mass is 9.97. The fraction of sp³-hybridized carbons (Fsp3) is 0.438. The maximum atomic E-state index is 13.6. The van der Waals surface area contributed by atoms with E-state index in [0.29, 0.717) is 19.4 Å². The van der Waals surface area contributed by atoms with Crippen molar-refractivity contribution in [3.63, 3.8) is 0 Å². The van der Waals surface area contributed by atoms with Crippen molar-refractivity contribution in [2.45, 2.75) is 12.8 Å². The summed E-state index contributed by atoms with van der Waals surface area (Å²) < 4.78 is 13.6. The number of hydrogen-bond donors (Lipinski definition) is 2. The van der Waals surface area contributed by atoms with Gasteiger partial charge in [-0.15, -0.1) is 0 Å². The van der Waals surface area contributed by atoms with Crippen LogP contribution in [0.5, 0.6) is 0 Å². The Bertz CT molecular complexity index is 638. The van der Waals surface area contributed by atoms with Gasteiger partial charge in [0.15, 0.2) is 0 Å². The van der Waals surface area contributed by atoms with E-state index in [1.807, 2.05) is 0 Å². The molecular formula is C16H20FN3O4. The first-order valence-corrected chi connectivity index (χ1v) is 7.65. The summed E-state index contributed by atoms with van der Waals surface area (Å²) in [5, 5.41) is 11.3. The number of piperidine rings is 1. The number of aliphatic carboxylic acids is 1. The number of hydrogen-bond acceptors (Lipinski definition) is 3. The van der Waals surface area contributed by atoms with Crippen molar-refractivity contribution in [2.75, 3.05) is 32.0 Å². The van der Waals surface area contributed by atoms with Gasteiger partial charge in [-0.1, -0.05) is 12.1 Å². The van der Waals surface area contributed by atoms with Crippen molar-refractivity contribution >= 4 is 23.6 Å². The molecular weight excluding hydrogens is 317 g/mol. The molecule has 1 aromatic rings. The third kappa shape index (κ3) is 4.43. The van der Waals surface area contributed by atoms with E-state index in [4.69, 9.17) is 5.11 Å². The average molecular weight is 337 g/mol. The summed E-state index contributed by atoms with van der Waals surface area (Å²) in [4.78, 5) is 37.8. The van der Waals surface area contributed by atoms with Crippen LogP contribution in [0.25, 0.3) is 0 Å². The molecule has 0 aliphatic carbocycles. The van der Waals surface area contributed by atoms with Gasteiger partial charge in [0, 0.05) is 20.1 Å². The molecule has 1 aromatic carbocycles. The molecule has 24 heavy (non-hydrogen) atoms. The Hall–Kier alpha value is -2.64. The fourth-order valence-electron chi connectivity index (χ4n) is 2.71. The van der Waals surface area contributed by atoms with Crippen LogP contribution in [0.15, 0.2) is 24.3 Å². The number of amides is 3. The topological polar surface area (TPSA) is 90.0 Å². The number of benzene rings is 1. The molecule has 0 spiro atoms. The van der Waals surface area contributed by atoms with E-state index in [2.05, 4.69) is 5.32 Å². The predicted molar refractivity (Wildman–Crippen MR) is 85.0 cm³/mol. The van der Waals surface area contributed by atoms with Crippen molar-refractivity contribution in [3.8, 4) is 0 Å². The van der Waals surface area contributed by atoms with Crippen LogP contribution in [0.1, 0.15) is 12.8 Å². The van der Waals surface area contributed by atoms with Gasteiger partial charge in [0.1, 0.15) is 12.4 Å². The summed E-state index contributed by atoms with van der Waals surface area (Å²) >= 11 is 0. The van der Waals surface area contributed by atoms with Crippen LogP contribution in [0.4, 0.5) is 14.9 Å². The molecule has 2 N–H and O–H groups in total. The van der Waals surface area contributed by atoms with Gasteiger partial charge < -0.3 is 20.2 Å². The molecule has 0 bridgehead atoms. The second-order valence-electron chi connectivity index (χ2n) is 5.78. The van der Waals surface area contributed by atoms with Crippen LogP contribution in [0, 0.1) is 11.7 Å². The summed E-state index contributed by atoms with van der Waals surface area (Å²) in [7, 11) is 1.43. The fourth-order valence-corrected chi connectivity index (χ4v) is 2.71. The minimum Gasteiger partial charge on any atom is -0.480 e. The molecule has 1 heterocycles. The maximum Gasteiger partial charge on any atom is 0.323 e. The lowest BCUT2D eigenvalue weighted by Gasteiger charge is -2.33. The van der Waals surface area contributed by atoms with Crippen molar-refractivity contribution in [1.29, 1.82) is 0 Å². The molecule has 0 radical (unpaired) electrons. The number of carbonyl (C=O) groups is 3. The first-order valence-electron chi connectivity index (χ1n) is 7.65. The predicted octanol–water partition coefficient (Wildman–Crippen LogP) is 1.61. The number of para-hydroxylation sites is 1. The molecule has 1 atom stereocenters. The van der Waals surface area contributed by atoms with Crippen LogP contribution in [0.3, 0.4) is 0 Å². The van der Waals surface area contributed by atoms with Crippen LogP contribution in [-0.4, -0.2) is 59.5 Å². The van der Waals surface area contributed by atoms with Crippen molar-refractivity contribution in [2.24, 2.45) is 5.92 Å². The van der Waals surface area contributed by atoms with E-state index in [0.717, 1.165) is 4.90 Å². The van der Waals surface area contributed by atoms with Gasteiger partial charge in [0.25, 0.3) is 0 Å². The molecule has 1 aliphatic heterocycles. The Kier molecular flexibility index (Phi) is 5.73. The summed E-state index contributed by atoms with van der Waals surface area (Å²) in [5.74, 6) is -2.37. The zero-order valence-electron chi connectivity index (χ0n) is 13.4. The molecule has 1 saturated heterocycles. The first kappa shape index (κ1) is 17.7. The molecule has 2 rings (SSSR count). The van der Waals surface area contributed by atoms with Gasteiger partial charge in [-0.2, -0.15) is 0 Å². The highest BCUT2D eigenvalue weighted by Gasteiger charge is 2.30. The number of halogens is 1. The second kappa shape index (κ2) is 7.76. The van der Waals surface area contributed by atoms with Crippen LogP contribution >= 0.6 is 0 Å². The number of likely N-dealkylation sites (N-methyl/N-ethyl adjacent to an activating group) is 1. The van der Waals surface area contributed by atoms with Gasteiger partial charge in [-0.3, -0.25) is 9.59 Å². The molecule has 1 unspecified atom stereocenters. The van der Waals surface area contributed by atoms with Crippen LogP contribution < -0.4 is 5.32 Å². The molecule has 8 heteroatoms. The third-order valence-electron chi connectivity index (χ3n) is 3.92. The third-order valence-corrected chi connectivity index (χ3v) is 3.92. The number of carbonyl (C=O) groups excluding carboxylic acids is 2. The number of urea groups is 1. The van der Waals surface area contributed by atoms with Gasteiger partial charge in [0.05, 0.1) is 11.6 Å². The Balaban J connectivity index is 1.97. The molecule has 1 aliphatic rings. The molecule has 0 saturated carbocycles. The Morgan fingerprint density at radius 3 is 2.75 bits per heavy atom. The number of nitrogens with one attached hydrogen (secondary N) is 1. The number of rotatable bonds is 4. The van der Waals surface area contributed by atoms with Gasteiger partial charge in [-0.25, -0.2) is 9.18 Å². The van der Waals surface area contributed by atoms with Crippen molar-refractivity contribution < 1.29 is 23.9 Å². The Morgan fingerprint density at radius 2 is 2.08 bits per heavy atom. The monoisotopic (exact) mass is 337 g/mol. The highest BCUT2D eigenvalue weighted by Crippen LogP contribution is 2.20. The number of likely N-dealkylation sites (tertiary alicyclic amines) is 1. The minimum atomic E-state index is -1.09. The zero-order valence-corrected chi connectivity index (χ0v) is 13.4. The Morgan fingerprint density at radius 1 is 1.38 bits per heavy atom. The zero-order chi connectivity index (χ0) is 17.7. The standard InChI is InChI=1S/C16H20FN3O4/c1-19(10-14(21)22)15(23)11-5-4-8-20(9-11)16(24)18-13-7-3-2-6-12(13)17/h2-3,6-7,11H,4-5,8-10H2,1H3,(H,18,24)(H,21,22). The van der Waals surface area contributed by atoms with E-state index < -0.39 is 23.7 Å². The summed E-state index contributed by atoms with van der Waals surface area (Å²) in [6.45, 7) is 0.270. The van der Waals surface area contributed by atoms with E-state index in [1.165, 1.54) is 30.1 Å². The minimum absolute atomic E-state index is 0.0824. The highest BCUT2D eigenvalue weighted by molar-refractivity contribution is 5.90. The largest absolute Gasteiger partial charge is 0.480 e. The number of nitrogens with zero attached hydrogens (tertiary/aromatic N) is 2. The molecule has 1 fully saturated rings. The van der Waals surface area contributed by atoms with E-state index >= 15 is 0 Å². The van der Waals surface area contributed by atoms with Gasteiger partial charge >= 0.3 is 12.0 Å². The van der Waals surface area contributed by atoms with Gasteiger partial charge in [-0.05, 0) is 25.0 Å². The normalized spacial score (nSPS) is 17.2. The van der Waals surface area contributed by atoms with Crippen molar-refractivity contribution in [1.82, 2.24) is 9.80 Å². The van der Waals surface area contributed by atoms with Crippen molar-refractivity contribution in [3.05, 3.63) is 30.1 Å². The van der Waals surface area contributed by atoms with Gasteiger partial charge in [0.2, 0.25) is 5.91 Å². The SMILES string of the molecule is CN(CC(=O)O)C(=O)C1CCCN(C(=O)Nc2ccccc2F)C1. The molecule has 3 amide bonds. The Labute approximate surface area is 139 Å². The van der Waals surface area contributed by atoms with E-state index in [9.17, 15) is 18.8 Å². The highest BCUT2D eigenvalue weighted by atomic mass is 19.1. The summed E-state index contributed by atoms with van der Waals surface area (Å²) in [5.41, 5.74) is 0.0824. The average Bonchev–Trinajstić information content (AvgIpc) is 2.55. The number of carboxylic acid groups (broad SMARTS) is 1. The number of anilines is 1. The second-order valence-corrected chi connectivity index (χ2v) is 5.78. The number of carboxylic acids is 1. The molecule has 130 valence electrons. The lowest BCUT2D eigenvalue weighted by Crippen LogP contribution is -2.48. The molecule has 0 aromatic heterocycles. The smallest absolute Gasteiger partial charge is 0.323 e. The molecule has 7 nitrogen and oxygen atoms in total. The quantitative estimate of drug-likeness (QED) is 0.873. The van der Waals surface area contributed by atoms with E-state index in [-0.39, 0.29) is 24.7 Å². The van der Waals surface area contributed by atoms with Crippen LogP contribution in [0.2, 0.25) is 0 Å². The first-order chi connectivity index (χ1) is 11.4. The van der Waals surface area contributed by atoms with E-state index in [1.54, 1.807) is 6.07 Å².